The van der Waals surface area contributed by atoms with Crippen LogP contribution in [0.15, 0.2) is 23.1 Å². The van der Waals surface area contributed by atoms with Crippen molar-refractivity contribution in [3.8, 4) is 11.5 Å². The zero-order chi connectivity index (χ0) is 13.1. The number of hydrogen-bond acceptors (Lipinski definition) is 5. The number of nitrogens with one attached hydrogen (secondary N) is 2. The number of benzene rings is 1. The lowest BCUT2D eigenvalue weighted by atomic mass is 10.1. The van der Waals surface area contributed by atoms with Crippen LogP contribution in [0.4, 0.5) is 0 Å². The predicted molar refractivity (Wildman–Crippen MR) is 71.0 cm³/mol. The van der Waals surface area contributed by atoms with Gasteiger partial charge in [0.25, 0.3) is 5.91 Å². The molecule has 1 heterocycles. The highest BCUT2D eigenvalue weighted by molar-refractivity contribution is 8.18. The molecule has 1 aromatic rings. The molecule has 0 saturated carbocycles. The average Bonchev–Trinajstić information content (AvgIpc) is 2.67. The van der Waals surface area contributed by atoms with E-state index >= 15 is 0 Å². The summed E-state index contributed by atoms with van der Waals surface area (Å²) in [5.74, 6) is 0.902. The van der Waals surface area contributed by atoms with Crippen LogP contribution in [0.3, 0.4) is 0 Å². The number of carbonyl (C=O) groups is 1. The largest absolute Gasteiger partial charge is 0.493 e. The topological polar surface area (TPSA) is 71.4 Å². The van der Waals surface area contributed by atoms with Crippen molar-refractivity contribution in [2.75, 3.05) is 14.2 Å². The molecule has 1 aromatic carbocycles. The lowest BCUT2D eigenvalue weighted by Gasteiger charge is -2.10. The molecule has 0 aromatic heterocycles. The van der Waals surface area contributed by atoms with E-state index in [4.69, 9.17) is 14.9 Å². The predicted octanol–water partition coefficient (Wildman–Crippen LogP) is 1.84. The van der Waals surface area contributed by atoms with Gasteiger partial charge in [0.2, 0.25) is 0 Å². The molecular weight excluding hydrogens is 252 g/mol. The van der Waals surface area contributed by atoms with Gasteiger partial charge in [-0.2, -0.15) is 0 Å². The number of para-hydroxylation sites is 1. The van der Waals surface area contributed by atoms with Crippen LogP contribution in [0.5, 0.6) is 11.5 Å². The van der Waals surface area contributed by atoms with Gasteiger partial charge in [0, 0.05) is 5.56 Å². The van der Waals surface area contributed by atoms with Crippen LogP contribution in [0, 0.1) is 5.41 Å². The second kappa shape index (κ2) is 5.14. The fourth-order valence-electron chi connectivity index (χ4n) is 1.61. The molecule has 0 atom stereocenters. The van der Waals surface area contributed by atoms with E-state index in [2.05, 4.69) is 5.32 Å². The summed E-state index contributed by atoms with van der Waals surface area (Å²) >= 11 is 1.09. The summed E-state index contributed by atoms with van der Waals surface area (Å²) < 4.78 is 10.5. The van der Waals surface area contributed by atoms with Crippen molar-refractivity contribution in [2.24, 2.45) is 0 Å². The lowest BCUT2D eigenvalue weighted by Crippen LogP contribution is -2.18. The molecule has 1 aliphatic rings. The van der Waals surface area contributed by atoms with Crippen LogP contribution in [-0.2, 0) is 4.79 Å². The monoisotopic (exact) mass is 264 g/mol. The summed E-state index contributed by atoms with van der Waals surface area (Å²) in [4.78, 5) is 12.0. The summed E-state index contributed by atoms with van der Waals surface area (Å²) in [6.07, 6.45) is 1.68. The summed E-state index contributed by atoms with van der Waals surface area (Å²) in [6, 6.07) is 5.42. The van der Waals surface area contributed by atoms with Crippen molar-refractivity contribution in [3.05, 3.63) is 28.7 Å². The van der Waals surface area contributed by atoms with E-state index in [1.54, 1.807) is 26.4 Å². The number of carbonyl (C=O) groups excluding carboxylic acids is 1. The van der Waals surface area contributed by atoms with E-state index in [1.807, 2.05) is 12.1 Å². The van der Waals surface area contributed by atoms with Crippen molar-refractivity contribution >= 4 is 28.9 Å². The Bertz CT molecular complexity index is 540. The lowest BCUT2D eigenvalue weighted by molar-refractivity contribution is -0.115. The van der Waals surface area contributed by atoms with Gasteiger partial charge in [0.15, 0.2) is 16.7 Å². The Kier molecular flexibility index (Phi) is 3.57. The van der Waals surface area contributed by atoms with E-state index in [-0.39, 0.29) is 11.1 Å². The van der Waals surface area contributed by atoms with Crippen LogP contribution in [0.25, 0.3) is 6.08 Å². The van der Waals surface area contributed by atoms with E-state index in [0.29, 0.717) is 16.4 Å². The molecule has 94 valence electrons. The number of thioether (sulfide) groups is 1. The maximum absolute atomic E-state index is 11.5. The molecule has 0 aliphatic carbocycles. The Hall–Kier alpha value is -1.95. The molecule has 1 aliphatic heterocycles. The highest BCUT2D eigenvalue weighted by Gasteiger charge is 2.23. The first kappa shape index (κ1) is 12.5. The summed E-state index contributed by atoms with van der Waals surface area (Å²) in [5.41, 5.74) is 0.740. The van der Waals surface area contributed by atoms with Crippen molar-refractivity contribution in [3.63, 3.8) is 0 Å². The van der Waals surface area contributed by atoms with Gasteiger partial charge < -0.3 is 14.8 Å². The first-order chi connectivity index (χ1) is 8.65. The minimum atomic E-state index is -0.269. The Balaban J connectivity index is 2.43. The first-order valence-corrected chi connectivity index (χ1v) is 5.97. The fourth-order valence-corrected chi connectivity index (χ4v) is 2.30. The van der Waals surface area contributed by atoms with Crippen LogP contribution in [0.2, 0.25) is 0 Å². The van der Waals surface area contributed by atoms with Gasteiger partial charge >= 0.3 is 0 Å². The molecule has 0 bridgehead atoms. The molecule has 18 heavy (non-hydrogen) atoms. The molecule has 5 nitrogen and oxygen atoms in total. The third kappa shape index (κ3) is 2.33. The number of amidine groups is 1. The van der Waals surface area contributed by atoms with Gasteiger partial charge in [-0.3, -0.25) is 10.2 Å². The summed E-state index contributed by atoms with van der Waals surface area (Å²) in [5, 5.41) is 9.94. The second-order valence-electron chi connectivity index (χ2n) is 3.48. The highest BCUT2D eigenvalue weighted by Crippen LogP contribution is 2.34. The number of methoxy groups -OCH3 is 2. The maximum atomic E-state index is 11.5. The van der Waals surface area contributed by atoms with Crippen molar-refractivity contribution < 1.29 is 14.3 Å². The molecule has 0 unspecified atom stereocenters. The van der Waals surface area contributed by atoms with Gasteiger partial charge in [-0.25, -0.2) is 0 Å². The van der Waals surface area contributed by atoms with Crippen LogP contribution >= 0.6 is 11.8 Å². The van der Waals surface area contributed by atoms with Gasteiger partial charge in [-0.1, -0.05) is 12.1 Å². The Labute approximate surface area is 109 Å². The van der Waals surface area contributed by atoms with Crippen LogP contribution in [0.1, 0.15) is 5.56 Å². The summed E-state index contributed by atoms with van der Waals surface area (Å²) in [6.45, 7) is 0. The number of amides is 1. The minimum absolute atomic E-state index is 0.133. The third-order valence-corrected chi connectivity index (χ3v) is 3.21. The highest BCUT2D eigenvalue weighted by atomic mass is 32.2. The van der Waals surface area contributed by atoms with Gasteiger partial charge in [-0.15, -0.1) is 0 Å². The zero-order valence-corrected chi connectivity index (χ0v) is 10.8. The maximum Gasteiger partial charge on any atom is 0.264 e. The van der Waals surface area contributed by atoms with E-state index in [0.717, 1.165) is 17.3 Å². The third-order valence-electron chi connectivity index (χ3n) is 2.38. The average molecular weight is 264 g/mol. The molecule has 2 rings (SSSR count). The normalized spacial score (nSPS) is 16.9. The van der Waals surface area contributed by atoms with Gasteiger partial charge in [-0.05, 0) is 23.9 Å². The number of hydrogen-bond donors (Lipinski definition) is 2. The van der Waals surface area contributed by atoms with Crippen LogP contribution < -0.4 is 14.8 Å². The summed E-state index contributed by atoms with van der Waals surface area (Å²) in [7, 11) is 3.10. The Morgan fingerprint density at radius 2 is 2.11 bits per heavy atom. The van der Waals surface area contributed by atoms with E-state index < -0.39 is 0 Å². The zero-order valence-electron chi connectivity index (χ0n) is 9.94. The molecular formula is C12H12N2O3S. The first-order valence-electron chi connectivity index (χ1n) is 5.16. The molecule has 1 saturated heterocycles. The smallest absolute Gasteiger partial charge is 0.264 e. The standard InChI is InChI=1S/C12H12N2O3S/c1-16-8-5-3-4-7(10(8)17-2)6-9-11(15)14-12(13)18-9/h3-6H,1-2H3,(H2,13,14,15)/b9-6-. The molecule has 0 radical (unpaired) electrons. The molecule has 1 amide bonds. The quantitative estimate of drug-likeness (QED) is 0.817. The van der Waals surface area contributed by atoms with Crippen LogP contribution in [-0.4, -0.2) is 25.3 Å². The van der Waals surface area contributed by atoms with Crippen molar-refractivity contribution in [1.29, 1.82) is 5.41 Å². The number of rotatable bonds is 3. The van der Waals surface area contributed by atoms with Gasteiger partial charge in [0.1, 0.15) is 0 Å². The van der Waals surface area contributed by atoms with E-state index in [9.17, 15) is 4.79 Å². The minimum Gasteiger partial charge on any atom is -0.493 e. The molecule has 1 fully saturated rings. The SMILES string of the molecule is COc1cccc(/C=C2\SC(=N)NC2=O)c1OC. The molecule has 0 spiro atoms. The fraction of sp³-hybridized carbons (Fsp3) is 0.167. The van der Waals surface area contributed by atoms with Crippen molar-refractivity contribution in [1.82, 2.24) is 5.32 Å². The van der Waals surface area contributed by atoms with E-state index in [1.165, 1.54) is 0 Å². The second-order valence-corrected chi connectivity index (χ2v) is 4.53. The van der Waals surface area contributed by atoms with Crippen molar-refractivity contribution in [2.45, 2.75) is 0 Å². The van der Waals surface area contributed by atoms with Gasteiger partial charge in [0.05, 0.1) is 19.1 Å². The molecule has 2 N–H and O–H groups in total. The Morgan fingerprint density at radius 3 is 2.67 bits per heavy atom. The molecule has 6 heteroatoms. The Morgan fingerprint density at radius 1 is 1.33 bits per heavy atom. The number of ether oxygens (including phenoxy) is 2.